The lowest BCUT2D eigenvalue weighted by atomic mass is 10.2. The summed E-state index contributed by atoms with van der Waals surface area (Å²) in [6.45, 7) is 0. The topological polar surface area (TPSA) is 17.1 Å². The van der Waals surface area contributed by atoms with Gasteiger partial charge in [-0.3, -0.25) is 4.79 Å². The maximum atomic E-state index is 11.4. The Labute approximate surface area is 142 Å². The highest BCUT2D eigenvalue weighted by molar-refractivity contribution is 7.99. The third-order valence-electron chi connectivity index (χ3n) is 3.41. The van der Waals surface area contributed by atoms with Gasteiger partial charge >= 0.3 is 0 Å². The Hall–Kier alpha value is -1.19. The molecular formula is C19H22OS2. The number of benzene rings is 2. The molecule has 0 atom stereocenters. The molecule has 2 aromatic rings. The monoisotopic (exact) mass is 330 g/mol. The van der Waals surface area contributed by atoms with Crippen LogP contribution in [0.2, 0.25) is 0 Å². The molecule has 0 unspecified atom stereocenters. The standard InChI is InChI=1S/C12H14OS.C7H8S/c13-12(11-6-7-11)9-14-8-10-4-2-1-3-5-10;8-6-7-4-2-1-3-5-7/h1-5,11H,6-9H2;1-5,8H,6H2. The van der Waals surface area contributed by atoms with Gasteiger partial charge < -0.3 is 0 Å². The molecular weight excluding hydrogens is 308 g/mol. The van der Waals surface area contributed by atoms with Crippen molar-refractivity contribution in [3.63, 3.8) is 0 Å². The van der Waals surface area contributed by atoms with Crippen LogP contribution in [0.15, 0.2) is 60.7 Å². The maximum absolute atomic E-state index is 11.4. The third-order valence-corrected chi connectivity index (χ3v) is 4.81. The van der Waals surface area contributed by atoms with Gasteiger partial charge in [0.15, 0.2) is 0 Å². The lowest BCUT2D eigenvalue weighted by Crippen LogP contribution is -2.03. The summed E-state index contributed by atoms with van der Waals surface area (Å²) in [5.74, 6) is 3.35. The second kappa shape index (κ2) is 9.75. The van der Waals surface area contributed by atoms with Crippen molar-refractivity contribution in [3.8, 4) is 0 Å². The molecule has 0 aromatic heterocycles. The second-order valence-corrected chi connectivity index (χ2v) is 6.66. The van der Waals surface area contributed by atoms with Crippen molar-refractivity contribution < 1.29 is 4.79 Å². The SMILES string of the molecule is O=C(CSCc1ccccc1)C1CC1.SCc1ccccc1. The minimum absolute atomic E-state index is 0.415. The highest BCUT2D eigenvalue weighted by Gasteiger charge is 2.28. The zero-order valence-electron chi connectivity index (χ0n) is 12.7. The molecule has 0 heterocycles. The molecule has 0 radical (unpaired) electrons. The Morgan fingerprint density at radius 2 is 1.50 bits per heavy atom. The van der Waals surface area contributed by atoms with E-state index in [0.717, 1.165) is 24.3 Å². The van der Waals surface area contributed by atoms with Gasteiger partial charge in [-0.15, -0.1) is 11.8 Å². The predicted octanol–water partition coefficient (Wildman–Crippen LogP) is 5.02. The summed E-state index contributed by atoms with van der Waals surface area (Å²) in [5, 5.41) is 0. The number of carbonyl (C=O) groups excluding carboxylic acids is 1. The van der Waals surface area contributed by atoms with Gasteiger partial charge in [0.25, 0.3) is 0 Å². The van der Waals surface area contributed by atoms with E-state index in [9.17, 15) is 4.79 Å². The van der Waals surface area contributed by atoms with Gasteiger partial charge in [0.2, 0.25) is 0 Å². The van der Waals surface area contributed by atoms with E-state index < -0.39 is 0 Å². The zero-order valence-corrected chi connectivity index (χ0v) is 14.4. The average Bonchev–Trinajstić information content (AvgIpc) is 3.42. The van der Waals surface area contributed by atoms with Gasteiger partial charge in [-0.25, -0.2) is 0 Å². The predicted molar refractivity (Wildman–Crippen MR) is 99.5 cm³/mol. The van der Waals surface area contributed by atoms with Crippen molar-refractivity contribution in [3.05, 3.63) is 71.8 Å². The fourth-order valence-electron chi connectivity index (χ4n) is 1.95. The first-order chi connectivity index (χ1) is 10.8. The van der Waals surface area contributed by atoms with E-state index in [1.54, 1.807) is 11.8 Å². The Kier molecular flexibility index (Phi) is 7.61. The van der Waals surface area contributed by atoms with Crippen LogP contribution in [0.4, 0.5) is 0 Å². The summed E-state index contributed by atoms with van der Waals surface area (Å²) in [7, 11) is 0. The maximum Gasteiger partial charge on any atom is 0.145 e. The van der Waals surface area contributed by atoms with Crippen molar-refractivity contribution in [2.75, 3.05) is 5.75 Å². The smallest absolute Gasteiger partial charge is 0.145 e. The van der Waals surface area contributed by atoms with Gasteiger partial charge in [-0.2, -0.15) is 12.6 Å². The molecule has 2 aromatic carbocycles. The van der Waals surface area contributed by atoms with Crippen LogP contribution >= 0.6 is 24.4 Å². The lowest BCUT2D eigenvalue weighted by molar-refractivity contribution is -0.117. The van der Waals surface area contributed by atoms with Gasteiger partial charge in [0.1, 0.15) is 5.78 Å². The van der Waals surface area contributed by atoms with Crippen LogP contribution in [0.1, 0.15) is 24.0 Å². The number of Topliss-reactive ketones (excluding diaryl/α,β-unsaturated/α-hetero) is 1. The fourth-order valence-corrected chi connectivity index (χ4v) is 3.13. The first-order valence-electron chi connectivity index (χ1n) is 7.58. The molecule has 1 aliphatic rings. The van der Waals surface area contributed by atoms with E-state index in [-0.39, 0.29) is 0 Å². The van der Waals surface area contributed by atoms with Crippen molar-refractivity contribution >= 4 is 30.2 Å². The van der Waals surface area contributed by atoms with E-state index in [2.05, 4.69) is 36.9 Å². The highest BCUT2D eigenvalue weighted by atomic mass is 32.2. The van der Waals surface area contributed by atoms with E-state index in [4.69, 9.17) is 0 Å². The van der Waals surface area contributed by atoms with Gasteiger partial charge in [-0.1, -0.05) is 60.7 Å². The summed E-state index contributed by atoms with van der Waals surface area (Å²) < 4.78 is 0. The van der Waals surface area contributed by atoms with Crippen LogP contribution in [-0.2, 0) is 16.3 Å². The number of thioether (sulfide) groups is 1. The molecule has 1 saturated carbocycles. The second-order valence-electron chi connectivity index (χ2n) is 5.36. The molecule has 0 bridgehead atoms. The lowest BCUT2D eigenvalue weighted by Gasteiger charge is -2.00. The van der Waals surface area contributed by atoms with Gasteiger partial charge in [-0.05, 0) is 24.0 Å². The summed E-state index contributed by atoms with van der Waals surface area (Å²) in [6.07, 6.45) is 2.26. The van der Waals surface area contributed by atoms with Crippen LogP contribution in [0.5, 0.6) is 0 Å². The number of ketones is 1. The Bertz CT molecular complexity index is 550. The van der Waals surface area contributed by atoms with Crippen molar-refractivity contribution in [2.45, 2.75) is 24.3 Å². The molecule has 0 aliphatic heterocycles. The van der Waals surface area contributed by atoms with E-state index in [0.29, 0.717) is 17.5 Å². The molecule has 0 N–H and O–H groups in total. The van der Waals surface area contributed by atoms with Crippen LogP contribution in [0.25, 0.3) is 0 Å². The number of rotatable bonds is 6. The normalized spacial score (nSPS) is 13.1. The number of carbonyl (C=O) groups is 1. The van der Waals surface area contributed by atoms with Gasteiger partial charge in [0.05, 0.1) is 5.75 Å². The minimum Gasteiger partial charge on any atom is -0.298 e. The molecule has 22 heavy (non-hydrogen) atoms. The first-order valence-corrected chi connectivity index (χ1v) is 9.37. The molecule has 3 rings (SSSR count). The number of thiol groups is 1. The molecule has 1 fully saturated rings. The number of hydrogen-bond donors (Lipinski definition) is 1. The highest BCUT2D eigenvalue weighted by Crippen LogP contribution is 2.31. The van der Waals surface area contributed by atoms with Crippen LogP contribution in [0, 0.1) is 5.92 Å². The summed E-state index contributed by atoms with van der Waals surface area (Å²) >= 11 is 5.84. The molecule has 0 amide bonds. The zero-order chi connectivity index (χ0) is 15.6. The molecule has 3 heteroatoms. The average molecular weight is 331 g/mol. The summed E-state index contributed by atoms with van der Waals surface area (Å²) in [6, 6.07) is 20.5. The van der Waals surface area contributed by atoms with Crippen LogP contribution in [0.3, 0.4) is 0 Å². The van der Waals surface area contributed by atoms with E-state index in [1.807, 2.05) is 36.4 Å². The van der Waals surface area contributed by atoms with Crippen LogP contribution in [-0.4, -0.2) is 11.5 Å². The Balaban J connectivity index is 0.000000188. The Morgan fingerprint density at radius 1 is 0.955 bits per heavy atom. The third kappa shape index (κ3) is 6.71. The first kappa shape index (κ1) is 17.2. The Morgan fingerprint density at radius 3 is 1.95 bits per heavy atom. The van der Waals surface area contributed by atoms with Crippen molar-refractivity contribution in [1.29, 1.82) is 0 Å². The quantitative estimate of drug-likeness (QED) is 0.749. The molecule has 0 saturated heterocycles. The van der Waals surface area contributed by atoms with Gasteiger partial charge in [0, 0.05) is 17.4 Å². The molecule has 0 spiro atoms. The summed E-state index contributed by atoms with van der Waals surface area (Å²) in [5.41, 5.74) is 2.58. The van der Waals surface area contributed by atoms with Crippen molar-refractivity contribution in [1.82, 2.24) is 0 Å². The van der Waals surface area contributed by atoms with Crippen molar-refractivity contribution in [2.24, 2.45) is 5.92 Å². The molecule has 116 valence electrons. The minimum atomic E-state index is 0.415. The number of hydrogen-bond acceptors (Lipinski definition) is 3. The molecule has 1 nitrogen and oxygen atoms in total. The largest absolute Gasteiger partial charge is 0.298 e. The fraction of sp³-hybridized carbons (Fsp3) is 0.316. The van der Waals surface area contributed by atoms with E-state index >= 15 is 0 Å². The molecule has 1 aliphatic carbocycles. The summed E-state index contributed by atoms with van der Waals surface area (Å²) in [4.78, 5) is 11.4. The van der Waals surface area contributed by atoms with Crippen LogP contribution < -0.4 is 0 Å². The van der Waals surface area contributed by atoms with E-state index in [1.165, 1.54) is 11.1 Å².